The highest BCUT2D eigenvalue weighted by atomic mass is 16.5. The van der Waals surface area contributed by atoms with Crippen LogP contribution in [0.5, 0.6) is 5.75 Å². The Bertz CT molecular complexity index is 1070. The SMILES string of the molecule is CCCCNc1ncc(-c2cc(Nc3ccccc3OC)ncn2)c(NC2CCC(O)CC2)n1. The zero-order chi connectivity index (χ0) is 23.8. The summed E-state index contributed by atoms with van der Waals surface area (Å²) in [4.78, 5) is 18.2. The second-order valence-electron chi connectivity index (χ2n) is 8.50. The maximum absolute atomic E-state index is 9.88. The third-order valence-corrected chi connectivity index (χ3v) is 5.95. The normalized spacial score (nSPS) is 17.7. The molecule has 0 amide bonds. The molecule has 2 heterocycles. The average molecular weight is 464 g/mol. The van der Waals surface area contributed by atoms with Gasteiger partial charge in [-0.2, -0.15) is 4.98 Å². The lowest BCUT2D eigenvalue weighted by atomic mass is 9.93. The van der Waals surface area contributed by atoms with E-state index in [0.717, 1.165) is 67.9 Å². The molecule has 0 atom stereocenters. The standard InChI is InChI=1S/C25H33N7O2/c1-3-4-13-26-25-27-15-19(24(32-25)30-17-9-11-18(33)12-10-17)21-14-23(29-16-28-21)31-20-7-5-6-8-22(20)34-2/h5-8,14-18,33H,3-4,9-13H2,1-2H3,(H,28,29,31)(H2,26,27,30,32). The van der Waals surface area contributed by atoms with Gasteiger partial charge < -0.3 is 25.8 Å². The molecule has 0 saturated heterocycles. The van der Waals surface area contributed by atoms with Crippen LogP contribution in [0.3, 0.4) is 0 Å². The van der Waals surface area contributed by atoms with E-state index in [2.05, 4.69) is 37.8 Å². The molecule has 4 N–H and O–H groups in total. The molecule has 1 aliphatic carbocycles. The topological polar surface area (TPSA) is 117 Å². The number of methoxy groups -OCH3 is 1. The summed E-state index contributed by atoms with van der Waals surface area (Å²) in [5.41, 5.74) is 2.34. The molecule has 0 aliphatic heterocycles. The fraction of sp³-hybridized carbons (Fsp3) is 0.440. The number of aliphatic hydroxyl groups excluding tert-OH is 1. The summed E-state index contributed by atoms with van der Waals surface area (Å²) in [7, 11) is 1.64. The summed E-state index contributed by atoms with van der Waals surface area (Å²) in [5.74, 6) is 2.70. The second kappa shape index (κ2) is 11.6. The van der Waals surface area contributed by atoms with Gasteiger partial charge in [-0.1, -0.05) is 25.5 Å². The van der Waals surface area contributed by atoms with Gasteiger partial charge in [0.15, 0.2) is 0 Å². The van der Waals surface area contributed by atoms with Crippen LogP contribution in [0.2, 0.25) is 0 Å². The predicted octanol–water partition coefficient (Wildman–Crippen LogP) is 4.61. The number of rotatable bonds is 10. The molecule has 9 nitrogen and oxygen atoms in total. The Morgan fingerprint density at radius 2 is 1.91 bits per heavy atom. The molecule has 4 rings (SSSR count). The van der Waals surface area contributed by atoms with Gasteiger partial charge in [-0.25, -0.2) is 15.0 Å². The van der Waals surface area contributed by atoms with Gasteiger partial charge in [-0.05, 0) is 44.2 Å². The number of anilines is 4. The first-order chi connectivity index (χ1) is 16.7. The number of para-hydroxylation sites is 2. The molecular weight excluding hydrogens is 430 g/mol. The summed E-state index contributed by atoms with van der Waals surface area (Å²) in [6.07, 6.45) is 8.65. The number of ether oxygens (including phenoxy) is 1. The molecule has 1 saturated carbocycles. The minimum absolute atomic E-state index is 0.209. The average Bonchev–Trinajstić information content (AvgIpc) is 2.86. The highest BCUT2D eigenvalue weighted by Gasteiger charge is 2.22. The first-order valence-corrected chi connectivity index (χ1v) is 11.9. The Hall–Kier alpha value is -3.46. The monoisotopic (exact) mass is 463 g/mol. The summed E-state index contributed by atoms with van der Waals surface area (Å²) in [6.45, 7) is 2.98. The summed E-state index contributed by atoms with van der Waals surface area (Å²) >= 11 is 0. The van der Waals surface area contributed by atoms with Gasteiger partial charge in [0.25, 0.3) is 0 Å². The lowest BCUT2D eigenvalue weighted by Crippen LogP contribution is -2.29. The molecule has 0 unspecified atom stereocenters. The van der Waals surface area contributed by atoms with E-state index >= 15 is 0 Å². The molecule has 2 aromatic heterocycles. The minimum Gasteiger partial charge on any atom is -0.495 e. The molecule has 9 heteroatoms. The van der Waals surface area contributed by atoms with Crippen molar-refractivity contribution in [3.8, 4) is 17.0 Å². The van der Waals surface area contributed by atoms with Crippen molar-refractivity contribution in [1.29, 1.82) is 0 Å². The third kappa shape index (κ3) is 6.11. The fourth-order valence-electron chi connectivity index (χ4n) is 4.01. The van der Waals surface area contributed by atoms with Gasteiger partial charge in [-0.3, -0.25) is 0 Å². The Morgan fingerprint density at radius 3 is 2.71 bits per heavy atom. The van der Waals surface area contributed by atoms with Crippen LogP contribution >= 0.6 is 0 Å². The van der Waals surface area contributed by atoms with Gasteiger partial charge >= 0.3 is 0 Å². The number of nitrogens with one attached hydrogen (secondary N) is 3. The molecule has 1 aliphatic rings. The second-order valence-corrected chi connectivity index (χ2v) is 8.50. The molecule has 0 spiro atoms. The van der Waals surface area contributed by atoms with Crippen LogP contribution in [0.1, 0.15) is 45.4 Å². The van der Waals surface area contributed by atoms with E-state index in [1.165, 1.54) is 6.33 Å². The van der Waals surface area contributed by atoms with Gasteiger partial charge in [0.1, 0.15) is 23.7 Å². The van der Waals surface area contributed by atoms with Crippen molar-refractivity contribution in [3.05, 3.63) is 42.9 Å². The number of hydrogen-bond donors (Lipinski definition) is 4. The van der Waals surface area contributed by atoms with E-state index < -0.39 is 0 Å². The Labute approximate surface area is 200 Å². The number of nitrogens with zero attached hydrogens (tertiary/aromatic N) is 4. The summed E-state index contributed by atoms with van der Waals surface area (Å²) in [5, 5.41) is 20.1. The quantitative estimate of drug-likeness (QED) is 0.320. The van der Waals surface area contributed by atoms with Crippen LogP contribution in [0.25, 0.3) is 11.3 Å². The van der Waals surface area contributed by atoms with Gasteiger partial charge in [0.05, 0.1) is 30.2 Å². The molecule has 34 heavy (non-hydrogen) atoms. The highest BCUT2D eigenvalue weighted by Crippen LogP contribution is 2.31. The number of aliphatic hydroxyl groups is 1. The van der Waals surface area contributed by atoms with Crippen molar-refractivity contribution in [2.45, 2.75) is 57.6 Å². The predicted molar refractivity (Wildman–Crippen MR) is 135 cm³/mol. The molecule has 0 bridgehead atoms. The van der Waals surface area contributed by atoms with Crippen LogP contribution in [0.4, 0.5) is 23.3 Å². The highest BCUT2D eigenvalue weighted by molar-refractivity contribution is 5.75. The summed E-state index contributed by atoms with van der Waals surface area (Å²) < 4.78 is 5.44. The van der Waals surface area contributed by atoms with E-state index in [1.54, 1.807) is 13.3 Å². The van der Waals surface area contributed by atoms with E-state index in [4.69, 9.17) is 9.72 Å². The van der Waals surface area contributed by atoms with Gasteiger partial charge in [-0.15, -0.1) is 0 Å². The smallest absolute Gasteiger partial charge is 0.224 e. The van der Waals surface area contributed by atoms with Crippen molar-refractivity contribution in [2.75, 3.05) is 29.6 Å². The van der Waals surface area contributed by atoms with Crippen LogP contribution in [0.15, 0.2) is 42.9 Å². The third-order valence-electron chi connectivity index (χ3n) is 5.95. The number of unbranched alkanes of at least 4 members (excludes halogenated alkanes) is 1. The molecule has 180 valence electrons. The molecule has 1 aromatic carbocycles. The lowest BCUT2D eigenvalue weighted by Gasteiger charge is -2.27. The van der Waals surface area contributed by atoms with Gasteiger partial charge in [0.2, 0.25) is 5.95 Å². The number of hydrogen-bond acceptors (Lipinski definition) is 9. The van der Waals surface area contributed by atoms with Gasteiger partial charge in [0, 0.05) is 24.8 Å². The Morgan fingerprint density at radius 1 is 1.09 bits per heavy atom. The maximum Gasteiger partial charge on any atom is 0.224 e. The Balaban J connectivity index is 1.60. The lowest BCUT2D eigenvalue weighted by molar-refractivity contribution is 0.126. The van der Waals surface area contributed by atoms with Crippen molar-refractivity contribution in [3.63, 3.8) is 0 Å². The van der Waals surface area contributed by atoms with E-state index in [9.17, 15) is 5.11 Å². The molecule has 0 radical (unpaired) electrons. The molecule has 3 aromatic rings. The van der Waals surface area contributed by atoms with Crippen LogP contribution in [-0.4, -0.2) is 50.8 Å². The molecular formula is C25H33N7O2. The van der Waals surface area contributed by atoms with Crippen molar-refractivity contribution in [2.24, 2.45) is 0 Å². The fourth-order valence-corrected chi connectivity index (χ4v) is 4.01. The number of aromatic nitrogens is 4. The number of benzene rings is 1. The largest absolute Gasteiger partial charge is 0.495 e. The Kier molecular flexibility index (Phi) is 8.08. The van der Waals surface area contributed by atoms with E-state index in [0.29, 0.717) is 17.5 Å². The van der Waals surface area contributed by atoms with Crippen LogP contribution in [0, 0.1) is 0 Å². The van der Waals surface area contributed by atoms with Crippen molar-refractivity contribution < 1.29 is 9.84 Å². The summed E-state index contributed by atoms with van der Waals surface area (Å²) in [6, 6.07) is 9.81. The van der Waals surface area contributed by atoms with Crippen LogP contribution < -0.4 is 20.7 Å². The van der Waals surface area contributed by atoms with E-state index in [-0.39, 0.29) is 12.1 Å². The van der Waals surface area contributed by atoms with Crippen molar-refractivity contribution >= 4 is 23.3 Å². The zero-order valence-electron chi connectivity index (χ0n) is 19.8. The van der Waals surface area contributed by atoms with Crippen LogP contribution in [-0.2, 0) is 0 Å². The van der Waals surface area contributed by atoms with Crippen molar-refractivity contribution in [1.82, 2.24) is 19.9 Å². The first-order valence-electron chi connectivity index (χ1n) is 11.9. The first kappa shape index (κ1) is 23.7. The zero-order valence-corrected chi connectivity index (χ0v) is 19.8. The maximum atomic E-state index is 9.88. The molecule has 1 fully saturated rings. The van der Waals surface area contributed by atoms with E-state index in [1.807, 2.05) is 30.3 Å². The minimum atomic E-state index is -0.209.